The normalized spacial score (nSPS) is 36.6. The van der Waals surface area contributed by atoms with Crippen LogP contribution in [-0.2, 0) is 9.59 Å². The average Bonchev–Trinajstić information content (AvgIpc) is 2.99. The molecule has 0 heterocycles. The van der Waals surface area contributed by atoms with E-state index in [4.69, 9.17) is 0 Å². The summed E-state index contributed by atoms with van der Waals surface area (Å²) in [6, 6.07) is 0.534. The van der Waals surface area contributed by atoms with Gasteiger partial charge < -0.3 is 10.6 Å². The molecule has 4 nitrogen and oxygen atoms in total. The molecule has 3 aliphatic carbocycles. The lowest BCUT2D eigenvalue weighted by Gasteiger charge is -2.40. The zero-order valence-corrected chi connectivity index (χ0v) is 14.0. The highest BCUT2D eigenvalue weighted by Gasteiger charge is 2.52. The van der Waals surface area contributed by atoms with E-state index in [9.17, 15) is 9.59 Å². The quantitative estimate of drug-likeness (QED) is 0.785. The van der Waals surface area contributed by atoms with Gasteiger partial charge in [-0.15, -0.1) is 0 Å². The molecule has 0 bridgehead atoms. The summed E-state index contributed by atoms with van der Waals surface area (Å²) in [4.78, 5) is 25.5. The van der Waals surface area contributed by atoms with E-state index >= 15 is 0 Å². The van der Waals surface area contributed by atoms with Crippen LogP contribution in [0.15, 0.2) is 0 Å². The topological polar surface area (TPSA) is 58.2 Å². The lowest BCUT2D eigenvalue weighted by Crippen LogP contribution is -2.58. The van der Waals surface area contributed by atoms with Gasteiger partial charge in [-0.25, -0.2) is 0 Å². The summed E-state index contributed by atoms with van der Waals surface area (Å²) in [6.07, 6.45) is 9.28. The molecule has 3 aliphatic rings. The number of hydrogen-bond donors (Lipinski definition) is 2. The Morgan fingerprint density at radius 2 is 1.23 bits per heavy atom. The molecule has 0 saturated heterocycles. The van der Waals surface area contributed by atoms with Crippen molar-refractivity contribution in [1.29, 1.82) is 0 Å². The van der Waals surface area contributed by atoms with Gasteiger partial charge in [-0.3, -0.25) is 9.59 Å². The van der Waals surface area contributed by atoms with Gasteiger partial charge in [0.15, 0.2) is 0 Å². The number of amides is 2. The number of carbonyl (C=O) groups excluding carboxylic acids is 2. The number of nitrogens with one attached hydrogen (secondary N) is 2. The molecule has 0 unspecified atom stereocenters. The van der Waals surface area contributed by atoms with Gasteiger partial charge in [0.05, 0.1) is 0 Å². The second-order valence-electron chi connectivity index (χ2n) is 7.91. The molecule has 4 atom stereocenters. The van der Waals surface area contributed by atoms with Crippen LogP contribution in [0.3, 0.4) is 0 Å². The molecule has 0 aromatic rings. The Bertz CT molecular complexity index is 408. The second kappa shape index (κ2) is 6.21. The van der Waals surface area contributed by atoms with Crippen molar-refractivity contribution in [2.75, 3.05) is 0 Å². The lowest BCUT2D eigenvalue weighted by atomic mass is 9.67. The summed E-state index contributed by atoms with van der Waals surface area (Å²) >= 11 is 0. The van der Waals surface area contributed by atoms with Gasteiger partial charge in [-0.2, -0.15) is 0 Å². The van der Waals surface area contributed by atoms with E-state index in [0.29, 0.717) is 24.7 Å². The van der Waals surface area contributed by atoms with Crippen LogP contribution in [0.2, 0.25) is 0 Å². The van der Waals surface area contributed by atoms with E-state index in [-0.39, 0.29) is 23.9 Å². The summed E-state index contributed by atoms with van der Waals surface area (Å²) in [5.41, 5.74) is -0.773. The Morgan fingerprint density at radius 1 is 0.773 bits per heavy atom. The summed E-state index contributed by atoms with van der Waals surface area (Å²) in [6.45, 7) is 4.40. The van der Waals surface area contributed by atoms with E-state index < -0.39 is 5.41 Å². The minimum atomic E-state index is -0.773. The Morgan fingerprint density at radius 3 is 1.50 bits per heavy atom. The highest BCUT2D eigenvalue weighted by Crippen LogP contribution is 2.42. The van der Waals surface area contributed by atoms with E-state index in [2.05, 4.69) is 24.5 Å². The van der Waals surface area contributed by atoms with Gasteiger partial charge in [-0.1, -0.05) is 33.1 Å². The summed E-state index contributed by atoms with van der Waals surface area (Å²) < 4.78 is 0. The standard InChI is InChI=1S/C18H30N2O2/c1-12-6-3-8-14(12)19-16(21)18(10-5-11-18)17(22)20-15-9-4-7-13(15)2/h12-15H,3-11H2,1-2H3,(H,19,21)(H,20,22)/t12-,13+,14+,15-. The predicted octanol–water partition coefficient (Wildman–Crippen LogP) is 2.77. The zero-order chi connectivity index (χ0) is 15.7. The van der Waals surface area contributed by atoms with E-state index in [1.54, 1.807) is 0 Å². The molecule has 4 heteroatoms. The fourth-order valence-corrected chi connectivity index (χ4v) is 4.42. The van der Waals surface area contributed by atoms with Crippen molar-refractivity contribution < 1.29 is 9.59 Å². The molecule has 3 fully saturated rings. The SMILES string of the molecule is C[C@@H]1CCC[C@@H]1NC(=O)C1(C(=O)N[C@@H]2CCC[C@@H]2C)CCC1. The first kappa shape index (κ1) is 15.8. The minimum absolute atomic E-state index is 0.0133. The van der Waals surface area contributed by atoms with Crippen LogP contribution in [0.25, 0.3) is 0 Å². The first-order chi connectivity index (χ1) is 10.5. The first-order valence-electron chi connectivity index (χ1n) is 9.15. The van der Waals surface area contributed by atoms with Crippen LogP contribution in [0, 0.1) is 17.3 Å². The van der Waals surface area contributed by atoms with Gasteiger partial charge in [-0.05, 0) is 50.4 Å². The molecule has 124 valence electrons. The fraction of sp³-hybridized carbons (Fsp3) is 0.889. The van der Waals surface area contributed by atoms with Crippen molar-refractivity contribution in [3.8, 4) is 0 Å². The third-order valence-corrected chi connectivity index (χ3v) is 6.43. The Hall–Kier alpha value is -1.06. The molecule has 0 radical (unpaired) electrons. The van der Waals surface area contributed by atoms with Crippen LogP contribution in [0.5, 0.6) is 0 Å². The van der Waals surface area contributed by atoms with Gasteiger partial charge in [0.25, 0.3) is 0 Å². The Kier molecular flexibility index (Phi) is 4.47. The largest absolute Gasteiger partial charge is 0.352 e. The lowest BCUT2D eigenvalue weighted by molar-refractivity contribution is -0.150. The number of hydrogen-bond acceptors (Lipinski definition) is 2. The molecule has 3 saturated carbocycles. The third kappa shape index (κ3) is 2.77. The van der Waals surface area contributed by atoms with Crippen LogP contribution in [-0.4, -0.2) is 23.9 Å². The molecule has 0 aromatic heterocycles. The van der Waals surface area contributed by atoms with Gasteiger partial charge in [0, 0.05) is 12.1 Å². The van der Waals surface area contributed by atoms with E-state index in [0.717, 1.165) is 19.3 Å². The molecule has 3 rings (SSSR count). The van der Waals surface area contributed by atoms with E-state index in [1.165, 1.54) is 25.7 Å². The van der Waals surface area contributed by atoms with Crippen LogP contribution >= 0.6 is 0 Å². The Labute approximate surface area is 133 Å². The molecular formula is C18H30N2O2. The maximum absolute atomic E-state index is 12.8. The maximum atomic E-state index is 12.8. The molecule has 2 N–H and O–H groups in total. The van der Waals surface area contributed by atoms with E-state index in [1.807, 2.05) is 0 Å². The zero-order valence-electron chi connectivity index (χ0n) is 14.0. The summed E-state index contributed by atoms with van der Waals surface area (Å²) in [7, 11) is 0. The van der Waals surface area contributed by atoms with Crippen molar-refractivity contribution in [2.24, 2.45) is 17.3 Å². The molecular weight excluding hydrogens is 276 g/mol. The molecule has 0 aliphatic heterocycles. The number of rotatable bonds is 4. The van der Waals surface area contributed by atoms with Crippen LogP contribution in [0.4, 0.5) is 0 Å². The van der Waals surface area contributed by atoms with Gasteiger partial charge in [0.1, 0.15) is 5.41 Å². The monoisotopic (exact) mass is 306 g/mol. The van der Waals surface area contributed by atoms with Gasteiger partial charge >= 0.3 is 0 Å². The first-order valence-corrected chi connectivity index (χ1v) is 9.15. The molecule has 2 amide bonds. The summed E-state index contributed by atoms with van der Waals surface area (Å²) in [5, 5.41) is 6.38. The second-order valence-corrected chi connectivity index (χ2v) is 7.91. The summed E-state index contributed by atoms with van der Waals surface area (Å²) in [5.74, 6) is 1.05. The molecule has 22 heavy (non-hydrogen) atoms. The molecule has 0 aromatic carbocycles. The third-order valence-electron chi connectivity index (χ3n) is 6.43. The predicted molar refractivity (Wildman–Crippen MR) is 86.2 cm³/mol. The van der Waals surface area contributed by atoms with Crippen molar-refractivity contribution in [3.63, 3.8) is 0 Å². The van der Waals surface area contributed by atoms with Gasteiger partial charge in [0.2, 0.25) is 11.8 Å². The van der Waals surface area contributed by atoms with Crippen LogP contribution < -0.4 is 10.6 Å². The minimum Gasteiger partial charge on any atom is -0.352 e. The molecule has 0 spiro atoms. The average molecular weight is 306 g/mol. The highest BCUT2D eigenvalue weighted by atomic mass is 16.2. The van der Waals surface area contributed by atoms with Crippen molar-refractivity contribution in [3.05, 3.63) is 0 Å². The van der Waals surface area contributed by atoms with Crippen molar-refractivity contribution in [2.45, 2.75) is 83.7 Å². The number of carbonyl (C=O) groups is 2. The van der Waals surface area contributed by atoms with Crippen LogP contribution in [0.1, 0.15) is 71.6 Å². The van der Waals surface area contributed by atoms with Crippen molar-refractivity contribution >= 4 is 11.8 Å². The fourth-order valence-electron chi connectivity index (χ4n) is 4.42. The highest BCUT2D eigenvalue weighted by molar-refractivity contribution is 6.06. The Balaban J connectivity index is 1.63. The smallest absolute Gasteiger partial charge is 0.235 e. The van der Waals surface area contributed by atoms with Crippen molar-refractivity contribution in [1.82, 2.24) is 10.6 Å². The maximum Gasteiger partial charge on any atom is 0.235 e.